The van der Waals surface area contributed by atoms with Crippen LogP contribution < -0.4 is 19.7 Å². The minimum atomic E-state index is 0.460. The Labute approximate surface area is 122 Å². The molecule has 1 aliphatic rings. The van der Waals surface area contributed by atoms with Gasteiger partial charge in [0, 0.05) is 49.1 Å². The van der Waals surface area contributed by atoms with Gasteiger partial charge in [-0.2, -0.15) is 0 Å². The van der Waals surface area contributed by atoms with E-state index in [4.69, 9.17) is 9.47 Å². The minimum absolute atomic E-state index is 0.460. The maximum absolute atomic E-state index is 5.38. The Balaban J connectivity index is 2.28. The maximum Gasteiger partial charge on any atom is 0.124 e. The van der Waals surface area contributed by atoms with Crippen molar-refractivity contribution in [3.8, 4) is 11.5 Å². The van der Waals surface area contributed by atoms with Crippen LogP contribution in [0, 0.1) is 5.92 Å². The average Bonchev–Trinajstić information content (AvgIpc) is 2.46. The van der Waals surface area contributed by atoms with E-state index in [0.29, 0.717) is 18.0 Å². The number of piperazine rings is 1. The molecule has 0 radical (unpaired) electrons. The summed E-state index contributed by atoms with van der Waals surface area (Å²) in [5.41, 5.74) is 1.17. The molecule has 2 unspecified atom stereocenters. The number of anilines is 1. The molecule has 1 fully saturated rings. The third kappa shape index (κ3) is 3.18. The number of ether oxygens (including phenoxy) is 2. The van der Waals surface area contributed by atoms with E-state index in [1.54, 1.807) is 14.2 Å². The molecular formula is C16H26N2O2. The number of nitrogens with zero attached hydrogens (tertiary/aromatic N) is 1. The van der Waals surface area contributed by atoms with E-state index < -0.39 is 0 Å². The smallest absolute Gasteiger partial charge is 0.124 e. The van der Waals surface area contributed by atoms with Crippen LogP contribution >= 0.6 is 0 Å². The van der Waals surface area contributed by atoms with Crippen LogP contribution in [0.5, 0.6) is 11.5 Å². The van der Waals surface area contributed by atoms with E-state index >= 15 is 0 Å². The number of hydrogen-bond donors (Lipinski definition) is 1. The summed E-state index contributed by atoms with van der Waals surface area (Å²) in [6, 6.07) is 7.06. The zero-order valence-corrected chi connectivity index (χ0v) is 13.1. The lowest BCUT2D eigenvalue weighted by molar-refractivity contribution is 0.336. The number of rotatable bonds is 4. The van der Waals surface area contributed by atoms with Gasteiger partial charge in [0.05, 0.1) is 14.2 Å². The van der Waals surface area contributed by atoms with Gasteiger partial charge in [0.25, 0.3) is 0 Å². The Hall–Kier alpha value is -1.42. The van der Waals surface area contributed by atoms with Gasteiger partial charge < -0.3 is 19.7 Å². The van der Waals surface area contributed by atoms with E-state index in [9.17, 15) is 0 Å². The summed E-state index contributed by atoms with van der Waals surface area (Å²) >= 11 is 0. The summed E-state index contributed by atoms with van der Waals surface area (Å²) < 4.78 is 10.8. The van der Waals surface area contributed by atoms with Crippen molar-refractivity contribution in [2.45, 2.75) is 32.9 Å². The lowest BCUT2D eigenvalue weighted by atomic mass is 9.99. The lowest BCUT2D eigenvalue weighted by Gasteiger charge is -2.42. The van der Waals surface area contributed by atoms with Crippen LogP contribution in [-0.2, 0) is 0 Å². The fourth-order valence-electron chi connectivity index (χ4n) is 2.65. The fraction of sp³-hybridized carbons (Fsp3) is 0.625. The molecule has 2 rings (SSSR count). The van der Waals surface area contributed by atoms with Gasteiger partial charge in [0.2, 0.25) is 0 Å². The van der Waals surface area contributed by atoms with Crippen LogP contribution in [-0.4, -0.2) is 39.4 Å². The Morgan fingerprint density at radius 1 is 1.15 bits per heavy atom. The van der Waals surface area contributed by atoms with Crippen LogP contribution in [0.25, 0.3) is 0 Å². The van der Waals surface area contributed by atoms with E-state index in [0.717, 1.165) is 24.6 Å². The highest BCUT2D eigenvalue weighted by atomic mass is 16.5. The Morgan fingerprint density at radius 3 is 2.25 bits per heavy atom. The molecular weight excluding hydrogens is 252 g/mol. The van der Waals surface area contributed by atoms with Crippen LogP contribution in [0.1, 0.15) is 20.8 Å². The average molecular weight is 278 g/mol. The SMILES string of the molecule is COc1cc(OC)cc(N2CC(C(C)C)NCC2C)c1. The van der Waals surface area contributed by atoms with Gasteiger partial charge in [0.1, 0.15) is 11.5 Å². The highest BCUT2D eigenvalue weighted by Gasteiger charge is 2.27. The molecule has 112 valence electrons. The first-order valence-corrected chi connectivity index (χ1v) is 7.28. The first kappa shape index (κ1) is 15.0. The van der Waals surface area contributed by atoms with Gasteiger partial charge in [-0.3, -0.25) is 0 Å². The predicted octanol–water partition coefficient (Wildman–Crippen LogP) is 2.53. The fourth-order valence-corrected chi connectivity index (χ4v) is 2.65. The summed E-state index contributed by atoms with van der Waals surface area (Å²) in [7, 11) is 3.38. The molecule has 0 spiro atoms. The Kier molecular flexibility index (Phi) is 4.76. The van der Waals surface area contributed by atoms with Gasteiger partial charge in [-0.1, -0.05) is 13.8 Å². The van der Waals surface area contributed by atoms with E-state index in [1.807, 2.05) is 6.07 Å². The molecule has 1 heterocycles. The Bertz CT molecular complexity index is 426. The third-order valence-corrected chi connectivity index (χ3v) is 4.07. The van der Waals surface area contributed by atoms with Gasteiger partial charge >= 0.3 is 0 Å². The van der Waals surface area contributed by atoms with Gasteiger partial charge in [0.15, 0.2) is 0 Å². The lowest BCUT2D eigenvalue weighted by Crippen LogP contribution is -2.57. The van der Waals surface area contributed by atoms with E-state index in [2.05, 4.69) is 43.1 Å². The van der Waals surface area contributed by atoms with E-state index in [1.165, 1.54) is 5.69 Å². The molecule has 1 saturated heterocycles. The summed E-state index contributed by atoms with van der Waals surface area (Å²) in [5.74, 6) is 2.30. The van der Waals surface area contributed by atoms with Gasteiger partial charge in [-0.05, 0) is 12.8 Å². The molecule has 1 aromatic rings. The molecule has 1 aromatic carbocycles. The summed E-state index contributed by atoms with van der Waals surface area (Å²) in [4.78, 5) is 2.44. The molecule has 0 aromatic heterocycles. The van der Waals surface area contributed by atoms with Gasteiger partial charge in [-0.25, -0.2) is 0 Å². The first-order chi connectivity index (χ1) is 9.55. The third-order valence-electron chi connectivity index (χ3n) is 4.07. The van der Waals surface area contributed by atoms with Crippen molar-refractivity contribution >= 4 is 5.69 Å². The van der Waals surface area contributed by atoms with Crippen LogP contribution in [0.4, 0.5) is 5.69 Å². The molecule has 0 aliphatic carbocycles. The molecule has 0 saturated carbocycles. The topological polar surface area (TPSA) is 33.7 Å². The second-order valence-electron chi connectivity index (χ2n) is 5.83. The maximum atomic E-state index is 5.38. The summed E-state index contributed by atoms with van der Waals surface area (Å²) in [6.07, 6.45) is 0. The quantitative estimate of drug-likeness (QED) is 0.917. The molecule has 20 heavy (non-hydrogen) atoms. The molecule has 0 amide bonds. The highest BCUT2D eigenvalue weighted by molar-refractivity contribution is 5.56. The second kappa shape index (κ2) is 6.35. The van der Waals surface area contributed by atoms with Crippen molar-refractivity contribution in [3.05, 3.63) is 18.2 Å². The monoisotopic (exact) mass is 278 g/mol. The zero-order valence-electron chi connectivity index (χ0n) is 13.1. The van der Waals surface area contributed by atoms with Crippen molar-refractivity contribution in [1.29, 1.82) is 0 Å². The number of methoxy groups -OCH3 is 2. The molecule has 1 aliphatic heterocycles. The zero-order chi connectivity index (χ0) is 14.7. The molecule has 2 atom stereocenters. The number of hydrogen-bond acceptors (Lipinski definition) is 4. The largest absolute Gasteiger partial charge is 0.497 e. The van der Waals surface area contributed by atoms with Crippen molar-refractivity contribution in [2.75, 3.05) is 32.2 Å². The van der Waals surface area contributed by atoms with Gasteiger partial charge in [-0.15, -0.1) is 0 Å². The van der Waals surface area contributed by atoms with Crippen LogP contribution in [0.15, 0.2) is 18.2 Å². The molecule has 0 bridgehead atoms. The van der Waals surface area contributed by atoms with Crippen LogP contribution in [0.3, 0.4) is 0 Å². The number of benzene rings is 1. The summed E-state index contributed by atoms with van der Waals surface area (Å²) in [6.45, 7) is 8.78. The standard InChI is InChI=1S/C16H26N2O2/c1-11(2)16-10-18(12(3)9-17-16)13-6-14(19-4)8-15(7-13)20-5/h6-8,11-12,16-17H,9-10H2,1-5H3. The molecule has 4 nitrogen and oxygen atoms in total. The van der Waals surface area contributed by atoms with E-state index in [-0.39, 0.29) is 0 Å². The highest BCUT2D eigenvalue weighted by Crippen LogP contribution is 2.30. The van der Waals surface area contributed by atoms with Crippen molar-refractivity contribution in [1.82, 2.24) is 5.32 Å². The molecule has 1 N–H and O–H groups in total. The first-order valence-electron chi connectivity index (χ1n) is 7.28. The summed E-state index contributed by atoms with van der Waals surface area (Å²) in [5, 5.41) is 3.62. The number of nitrogens with one attached hydrogen (secondary N) is 1. The Morgan fingerprint density at radius 2 is 1.75 bits per heavy atom. The predicted molar refractivity (Wildman–Crippen MR) is 83.0 cm³/mol. The second-order valence-corrected chi connectivity index (χ2v) is 5.83. The normalized spacial score (nSPS) is 23.0. The molecule has 4 heteroatoms. The van der Waals surface area contributed by atoms with Crippen LogP contribution in [0.2, 0.25) is 0 Å². The van der Waals surface area contributed by atoms with Crippen molar-refractivity contribution < 1.29 is 9.47 Å². The van der Waals surface area contributed by atoms with Crippen molar-refractivity contribution in [3.63, 3.8) is 0 Å². The van der Waals surface area contributed by atoms with Crippen molar-refractivity contribution in [2.24, 2.45) is 5.92 Å². The minimum Gasteiger partial charge on any atom is -0.497 e.